The number of rotatable bonds is 13. The molecular formula is C18H38O6Si. The van der Waals surface area contributed by atoms with Gasteiger partial charge in [0, 0.05) is 37.9 Å². The van der Waals surface area contributed by atoms with E-state index in [0.717, 1.165) is 51.9 Å². The van der Waals surface area contributed by atoms with Crippen molar-refractivity contribution in [3.63, 3.8) is 0 Å². The molecule has 0 saturated carbocycles. The Labute approximate surface area is 154 Å². The Morgan fingerprint density at radius 2 is 1.52 bits per heavy atom. The summed E-state index contributed by atoms with van der Waals surface area (Å²) in [5, 5.41) is 0. The molecular weight excluding hydrogens is 340 g/mol. The summed E-state index contributed by atoms with van der Waals surface area (Å²) in [7, 11) is -2.50. The van der Waals surface area contributed by atoms with Crippen molar-refractivity contribution in [1.82, 2.24) is 0 Å². The third-order valence-corrected chi connectivity index (χ3v) is 7.49. The maximum absolute atomic E-state index is 5.84. The van der Waals surface area contributed by atoms with Gasteiger partial charge in [-0.25, -0.2) is 0 Å². The number of epoxide rings is 1. The molecule has 2 saturated heterocycles. The van der Waals surface area contributed by atoms with Crippen molar-refractivity contribution >= 4 is 8.80 Å². The largest absolute Gasteiger partial charge is 0.501 e. The third-order valence-electron chi connectivity index (χ3n) is 4.34. The van der Waals surface area contributed by atoms with Gasteiger partial charge in [0.1, 0.15) is 0 Å². The van der Waals surface area contributed by atoms with Crippen LogP contribution in [0.2, 0.25) is 6.04 Å². The van der Waals surface area contributed by atoms with Gasteiger partial charge in [-0.2, -0.15) is 0 Å². The van der Waals surface area contributed by atoms with Crippen LogP contribution in [0.5, 0.6) is 0 Å². The zero-order valence-corrected chi connectivity index (χ0v) is 17.8. The molecule has 2 aliphatic rings. The van der Waals surface area contributed by atoms with Gasteiger partial charge in [0.2, 0.25) is 0 Å². The average Bonchev–Trinajstić information content (AvgIpc) is 3.33. The molecule has 2 heterocycles. The highest BCUT2D eigenvalue weighted by atomic mass is 28.4. The van der Waals surface area contributed by atoms with Crippen LogP contribution in [0, 0.1) is 5.41 Å². The Balaban J connectivity index is 0.000000680. The molecule has 0 aromatic rings. The molecule has 1 atom stereocenters. The maximum Gasteiger partial charge on any atom is 0.501 e. The highest BCUT2D eigenvalue weighted by Crippen LogP contribution is 2.31. The minimum atomic E-state index is -2.50. The third kappa shape index (κ3) is 8.95. The summed E-state index contributed by atoms with van der Waals surface area (Å²) < 4.78 is 33.3. The van der Waals surface area contributed by atoms with Crippen LogP contribution < -0.4 is 0 Å². The topological polar surface area (TPSA) is 58.7 Å². The molecule has 25 heavy (non-hydrogen) atoms. The number of hydrogen-bond acceptors (Lipinski definition) is 6. The molecule has 0 aromatic heterocycles. The fourth-order valence-corrected chi connectivity index (χ4v) is 5.14. The van der Waals surface area contributed by atoms with Crippen molar-refractivity contribution in [2.24, 2.45) is 5.41 Å². The van der Waals surface area contributed by atoms with Crippen LogP contribution in [0.3, 0.4) is 0 Å². The number of hydrogen-bond donors (Lipinski definition) is 0. The van der Waals surface area contributed by atoms with Crippen molar-refractivity contribution in [2.75, 3.05) is 52.9 Å². The van der Waals surface area contributed by atoms with Gasteiger partial charge in [-0.1, -0.05) is 6.92 Å². The Hall–Kier alpha value is -0.0231. The van der Waals surface area contributed by atoms with E-state index in [2.05, 4.69) is 13.8 Å². The molecule has 7 heteroatoms. The van der Waals surface area contributed by atoms with Crippen LogP contribution in [-0.4, -0.2) is 67.8 Å². The molecule has 1 unspecified atom stereocenters. The van der Waals surface area contributed by atoms with E-state index in [0.29, 0.717) is 25.9 Å². The first-order chi connectivity index (χ1) is 12.1. The second-order valence-electron chi connectivity index (χ2n) is 6.63. The van der Waals surface area contributed by atoms with Gasteiger partial charge in [0.25, 0.3) is 0 Å². The first-order valence-electron chi connectivity index (χ1n) is 9.74. The van der Waals surface area contributed by atoms with Gasteiger partial charge in [0.05, 0.1) is 32.5 Å². The molecule has 2 aliphatic heterocycles. The standard InChI is InChI=1S/C15H32O5Si.C3H6O/c1-5-15(13-17-14-15)12-16-10-9-11-21(18-6-2,19-7-3)20-8-4;1-3-2-4-3/h5-14H2,1-4H3;3H,2H2,1H3. The van der Waals surface area contributed by atoms with Gasteiger partial charge in [0.15, 0.2) is 0 Å². The summed E-state index contributed by atoms with van der Waals surface area (Å²) in [4.78, 5) is 0. The summed E-state index contributed by atoms with van der Waals surface area (Å²) in [6.07, 6.45) is 2.61. The van der Waals surface area contributed by atoms with E-state index >= 15 is 0 Å². The van der Waals surface area contributed by atoms with Crippen molar-refractivity contribution in [2.45, 2.75) is 59.6 Å². The van der Waals surface area contributed by atoms with Crippen LogP contribution in [0.25, 0.3) is 0 Å². The predicted octanol–water partition coefficient (Wildman–Crippen LogP) is 3.27. The predicted molar refractivity (Wildman–Crippen MR) is 99.8 cm³/mol. The van der Waals surface area contributed by atoms with Gasteiger partial charge >= 0.3 is 8.80 Å². The Morgan fingerprint density at radius 3 is 1.84 bits per heavy atom. The fraction of sp³-hybridized carbons (Fsp3) is 1.00. The van der Waals surface area contributed by atoms with Crippen molar-refractivity contribution in [1.29, 1.82) is 0 Å². The fourth-order valence-electron chi connectivity index (χ4n) is 2.56. The minimum Gasteiger partial charge on any atom is -0.381 e. The molecule has 0 bridgehead atoms. The van der Waals surface area contributed by atoms with E-state index in [1.807, 2.05) is 20.8 Å². The summed E-state index contributed by atoms with van der Waals surface area (Å²) in [6, 6.07) is 0.818. The van der Waals surface area contributed by atoms with Gasteiger partial charge in [-0.15, -0.1) is 0 Å². The zero-order valence-electron chi connectivity index (χ0n) is 16.8. The van der Waals surface area contributed by atoms with Crippen LogP contribution in [-0.2, 0) is 27.5 Å². The van der Waals surface area contributed by atoms with Crippen molar-refractivity contribution in [3.05, 3.63) is 0 Å². The first kappa shape index (κ1) is 23.0. The summed E-state index contributed by atoms with van der Waals surface area (Å²) in [5.74, 6) is 0. The molecule has 2 rings (SSSR count). The quantitative estimate of drug-likeness (QED) is 0.278. The lowest BCUT2D eigenvalue weighted by Crippen LogP contribution is -2.47. The highest BCUT2D eigenvalue weighted by molar-refractivity contribution is 6.60. The van der Waals surface area contributed by atoms with Crippen LogP contribution in [0.1, 0.15) is 47.5 Å². The van der Waals surface area contributed by atoms with E-state index in [1.54, 1.807) is 0 Å². The average molecular weight is 379 g/mol. The summed E-state index contributed by atoms with van der Waals surface area (Å²) >= 11 is 0. The summed E-state index contributed by atoms with van der Waals surface area (Å²) in [5.41, 5.74) is 0.258. The Bertz CT molecular complexity index is 311. The van der Waals surface area contributed by atoms with E-state index in [-0.39, 0.29) is 5.41 Å². The van der Waals surface area contributed by atoms with E-state index in [9.17, 15) is 0 Å². The lowest BCUT2D eigenvalue weighted by atomic mass is 9.84. The van der Waals surface area contributed by atoms with Crippen molar-refractivity contribution in [3.8, 4) is 0 Å². The molecule has 0 aromatic carbocycles. The molecule has 6 nitrogen and oxygen atoms in total. The Morgan fingerprint density at radius 1 is 1.00 bits per heavy atom. The molecule has 0 spiro atoms. The maximum atomic E-state index is 5.84. The lowest BCUT2D eigenvalue weighted by Gasteiger charge is -2.40. The van der Waals surface area contributed by atoms with Gasteiger partial charge in [-0.05, 0) is 40.5 Å². The molecule has 2 fully saturated rings. The SMILES string of the molecule is CC1CO1.CCO[Si](CCCOCC1(CC)COC1)(OCC)OCC. The molecule has 0 aliphatic carbocycles. The highest BCUT2D eigenvalue weighted by Gasteiger charge is 2.40. The van der Waals surface area contributed by atoms with Crippen molar-refractivity contribution < 1.29 is 27.5 Å². The van der Waals surface area contributed by atoms with Gasteiger partial charge in [-0.3, -0.25) is 0 Å². The van der Waals surface area contributed by atoms with Crippen LogP contribution in [0.15, 0.2) is 0 Å². The smallest absolute Gasteiger partial charge is 0.381 e. The molecule has 0 N–H and O–H groups in total. The second kappa shape index (κ2) is 12.4. The molecule has 150 valence electrons. The minimum absolute atomic E-state index is 0.258. The molecule has 0 radical (unpaired) electrons. The van der Waals surface area contributed by atoms with Gasteiger partial charge < -0.3 is 27.5 Å². The normalized spacial score (nSPS) is 21.2. The van der Waals surface area contributed by atoms with Crippen LogP contribution >= 0.6 is 0 Å². The van der Waals surface area contributed by atoms with E-state index in [1.165, 1.54) is 0 Å². The lowest BCUT2D eigenvalue weighted by molar-refractivity contribution is -0.150. The van der Waals surface area contributed by atoms with E-state index in [4.69, 9.17) is 27.5 Å². The zero-order chi connectivity index (χ0) is 18.6. The number of ether oxygens (including phenoxy) is 3. The monoisotopic (exact) mass is 378 g/mol. The van der Waals surface area contributed by atoms with Crippen LogP contribution in [0.4, 0.5) is 0 Å². The Kier molecular flexibility index (Phi) is 11.4. The second-order valence-corrected chi connectivity index (χ2v) is 9.36. The summed E-state index contributed by atoms with van der Waals surface area (Å²) in [6.45, 7) is 16.3. The first-order valence-corrected chi connectivity index (χ1v) is 11.7. The molecule has 0 amide bonds. The van der Waals surface area contributed by atoms with E-state index < -0.39 is 8.80 Å².